The molecule has 5 heteroatoms. The molecule has 1 aromatic carbocycles. The third-order valence-corrected chi connectivity index (χ3v) is 3.91. The number of carbonyl (C=O) groups excluding carboxylic acids is 1. The maximum atomic E-state index is 12.2. The van der Waals surface area contributed by atoms with Crippen LogP contribution in [-0.2, 0) is 17.8 Å². The molecule has 2 aromatic rings. The van der Waals surface area contributed by atoms with E-state index in [1.54, 1.807) is 6.26 Å². The second kappa shape index (κ2) is 7.94. The van der Waals surface area contributed by atoms with Crippen LogP contribution < -0.4 is 10.6 Å². The lowest BCUT2D eigenvalue weighted by Crippen LogP contribution is -2.31. The zero-order valence-electron chi connectivity index (χ0n) is 13.1. The van der Waals surface area contributed by atoms with Crippen LogP contribution in [0.15, 0.2) is 47.1 Å². The van der Waals surface area contributed by atoms with Crippen molar-refractivity contribution in [2.45, 2.75) is 32.0 Å². The molecule has 3 rings (SSSR count). The Bertz CT molecular complexity index is 619. The largest absolute Gasteiger partial charge is 0.468 e. The van der Waals surface area contributed by atoms with Gasteiger partial charge in [-0.1, -0.05) is 12.1 Å². The SMILES string of the molecule is O=C(NC[C@H]1CCCO1)c1cccc(CNCc2ccco2)c1. The molecule has 122 valence electrons. The molecule has 0 unspecified atom stereocenters. The Morgan fingerprint density at radius 2 is 2.17 bits per heavy atom. The molecule has 2 heterocycles. The molecular formula is C18H22N2O3. The lowest BCUT2D eigenvalue weighted by atomic mass is 10.1. The monoisotopic (exact) mass is 314 g/mol. The van der Waals surface area contributed by atoms with Gasteiger partial charge in [0.05, 0.1) is 18.9 Å². The third kappa shape index (κ3) is 4.68. The highest BCUT2D eigenvalue weighted by molar-refractivity contribution is 5.94. The number of rotatable bonds is 7. The molecule has 5 nitrogen and oxygen atoms in total. The minimum atomic E-state index is -0.0478. The predicted octanol–water partition coefficient (Wildman–Crippen LogP) is 2.48. The van der Waals surface area contributed by atoms with Gasteiger partial charge in [0.25, 0.3) is 5.91 Å². The van der Waals surface area contributed by atoms with Gasteiger partial charge in [-0.2, -0.15) is 0 Å². The number of hydrogen-bond acceptors (Lipinski definition) is 4. The molecule has 0 bridgehead atoms. The molecule has 1 amide bonds. The Balaban J connectivity index is 1.48. The number of benzene rings is 1. The van der Waals surface area contributed by atoms with Gasteiger partial charge in [0.15, 0.2) is 0 Å². The quantitative estimate of drug-likeness (QED) is 0.824. The molecule has 1 fully saturated rings. The first kappa shape index (κ1) is 15.8. The number of hydrogen-bond donors (Lipinski definition) is 2. The fourth-order valence-corrected chi connectivity index (χ4v) is 2.68. The molecule has 1 aliphatic heterocycles. The Kier molecular flexibility index (Phi) is 5.45. The highest BCUT2D eigenvalue weighted by Crippen LogP contribution is 2.11. The molecule has 1 aliphatic rings. The van der Waals surface area contributed by atoms with Crippen molar-refractivity contribution in [1.82, 2.24) is 10.6 Å². The van der Waals surface area contributed by atoms with Crippen LogP contribution in [0.25, 0.3) is 0 Å². The second-order valence-electron chi connectivity index (χ2n) is 5.73. The van der Waals surface area contributed by atoms with E-state index in [2.05, 4.69) is 10.6 Å². The van der Waals surface area contributed by atoms with Crippen LogP contribution in [0, 0.1) is 0 Å². The van der Waals surface area contributed by atoms with Crippen molar-refractivity contribution in [2.24, 2.45) is 0 Å². The zero-order valence-corrected chi connectivity index (χ0v) is 13.1. The normalized spacial score (nSPS) is 17.3. The number of ether oxygens (including phenoxy) is 1. The summed E-state index contributed by atoms with van der Waals surface area (Å²) in [7, 11) is 0. The van der Waals surface area contributed by atoms with Crippen molar-refractivity contribution >= 4 is 5.91 Å². The van der Waals surface area contributed by atoms with Crippen molar-refractivity contribution in [3.63, 3.8) is 0 Å². The summed E-state index contributed by atoms with van der Waals surface area (Å²) >= 11 is 0. The van der Waals surface area contributed by atoms with Crippen LogP contribution in [0.4, 0.5) is 0 Å². The lowest BCUT2D eigenvalue weighted by molar-refractivity contribution is 0.0857. The van der Waals surface area contributed by atoms with Crippen LogP contribution in [0.5, 0.6) is 0 Å². The summed E-state index contributed by atoms with van der Waals surface area (Å²) < 4.78 is 10.8. The van der Waals surface area contributed by atoms with E-state index in [1.165, 1.54) is 0 Å². The summed E-state index contributed by atoms with van der Waals surface area (Å²) in [5.74, 6) is 0.851. The Morgan fingerprint density at radius 1 is 1.22 bits per heavy atom. The zero-order chi connectivity index (χ0) is 15.9. The molecule has 1 aromatic heterocycles. The van der Waals surface area contributed by atoms with Crippen LogP contribution >= 0.6 is 0 Å². The van der Waals surface area contributed by atoms with Gasteiger partial charge in [-0.15, -0.1) is 0 Å². The summed E-state index contributed by atoms with van der Waals surface area (Å²) in [6.07, 6.45) is 3.93. The highest BCUT2D eigenvalue weighted by atomic mass is 16.5. The number of amides is 1. The molecule has 1 atom stereocenters. The Morgan fingerprint density at radius 3 is 2.96 bits per heavy atom. The third-order valence-electron chi connectivity index (χ3n) is 3.91. The van der Waals surface area contributed by atoms with E-state index in [0.717, 1.165) is 30.8 Å². The van der Waals surface area contributed by atoms with Gasteiger partial charge in [-0.05, 0) is 42.7 Å². The fraction of sp³-hybridized carbons (Fsp3) is 0.389. The van der Waals surface area contributed by atoms with E-state index in [1.807, 2.05) is 36.4 Å². The first-order chi connectivity index (χ1) is 11.3. The summed E-state index contributed by atoms with van der Waals surface area (Å²) in [6.45, 7) is 2.74. The Hall–Kier alpha value is -2.11. The summed E-state index contributed by atoms with van der Waals surface area (Å²) in [4.78, 5) is 12.2. The summed E-state index contributed by atoms with van der Waals surface area (Å²) in [6, 6.07) is 11.5. The summed E-state index contributed by atoms with van der Waals surface area (Å²) in [5, 5.41) is 6.25. The average Bonchev–Trinajstić information content (AvgIpc) is 3.26. The van der Waals surface area contributed by atoms with E-state index in [4.69, 9.17) is 9.15 Å². The maximum absolute atomic E-state index is 12.2. The van der Waals surface area contributed by atoms with Gasteiger partial charge in [-0.25, -0.2) is 0 Å². The Labute approximate surface area is 136 Å². The minimum Gasteiger partial charge on any atom is -0.468 e. The molecule has 1 saturated heterocycles. The van der Waals surface area contributed by atoms with Crippen molar-refractivity contribution in [2.75, 3.05) is 13.2 Å². The molecule has 0 aliphatic carbocycles. The molecular weight excluding hydrogens is 292 g/mol. The van der Waals surface area contributed by atoms with Crippen LogP contribution in [0.3, 0.4) is 0 Å². The van der Waals surface area contributed by atoms with Crippen molar-refractivity contribution < 1.29 is 13.9 Å². The first-order valence-corrected chi connectivity index (χ1v) is 8.03. The molecule has 0 saturated carbocycles. The van der Waals surface area contributed by atoms with Crippen LogP contribution in [0.1, 0.15) is 34.5 Å². The van der Waals surface area contributed by atoms with E-state index in [-0.39, 0.29) is 12.0 Å². The number of carbonyl (C=O) groups is 1. The second-order valence-corrected chi connectivity index (χ2v) is 5.73. The topological polar surface area (TPSA) is 63.5 Å². The fourth-order valence-electron chi connectivity index (χ4n) is 2.68. The van der Waals surface area contributed by atoms with Gasteiger partial charge in [0, 0.05) is 25.3 Å². The van der Waals surface area contributed by atoms with Gasteiger partial charge >= 0.3 is 0 Å². The van der Waals surface area contributed by atoms with Crippen molar-refractivity contribution in [3.8, 4) is 0 Å². The molecule has 0 spiro atoms. The van der Waals surface area contributed by atoms with Gasteiger partial charge in [-0.3, -0.25) is 4.79 Å². The molecule has 2 N–H and O–H groups in total. The number of nitrogens with one attached hydrogen (secondary N) is 2. The maximum Gasteiger partial charge on any atom is 0.251 e. The predicted molar refractivity (Wildman–Crippen MR) is 87.0 cm³/mol. The van der Waals surface area contributed by atoms with Gasteiger partial charge in [0.2, 0.25) is 0 Å². The standard InChI is InChI=1S/C18H22N2O3/c21-18(20-13-17-7-3-9-23-17)15-5-1-4-14(10-15)11-19-12-16-6-2-8-22-16/h1-2,4-6,8,10,17,19H,3,7,9,11-13H2,(H,20,21)/t17-/m1/s1. The minimum absolute atomic E-state index is 0.0478. The molecule has 23 heavy (non-hydrogen) atoms. The van der Waals surface area contributed by atoms with E-state index in [9.17, 15) is 4.79 Å². The van der Waals surface area contributed by atoms with Gasteiger partial charge < -0.3 is 19.8 Å². The lowest BCUT2D eigenvalue weighted by Gasteiger charge is -2.11. The molecule has 0 radical (unpaired) electrons. The van der Waals surface area contributed by atoms with Crippen LogP contribution in [0.2, 0.25) is 0 Å². The van der Waals surface area contributed by atoms with Gasteiger partial charge in [0.1, 0.15) is 5.76 Å². The van der Waals surface area contributed by atoms with Crippen molar-refractivity contribution in [1.29, 1.82) is 0 Å². The van der Waals surface area contributed by atoms with Crippen LogP contribution in [-0.4, -0.2) is 25.2 Å². The average molecular weight is 314 g/mol. The van der Waals surface area contributed by atoms with E-state index >= 15 is 0 Å². The summed E-state index contributed by atoms with van der Waals surface area (Å²) in [5.41, 5.74) is 1.75. The number of furan rings is 1. The van der Waals surface area contributed by atoms with Crippen molar-refractivity contribution in [3.05, 3.63) is 59.5 Å². The van der Waals surface area contributed by atoms with E-state index in [0.29, 0.717) is 25.2 Å². The highest BCUT2D eigenvalue weighted by Gasteiger charge is 2.16. The van der Waals surface area contributed by atoms with E-state index < -0.39 is 0 Å². The first-order valence-electron chi connectivity index (χ1n) is 8.03. The smallest absolute Gasteiger partial charge is 0.251 e.